The normalized spacial score (nSPS) is 10.2. The molecule has 0 aromatic heterocycles. The predicted molar refractivity (Wildman–Crippen MR) is 60.2 cm³/mol. The topological polar surface area (TPSA) is 92.4 Å². The van der Waals surface area contributed by atoms with Crippen molar-refractivity contribution in [2.75, 3.05) is 11.9 Å². The van der Waals surface area contributed by atoms with Gasteiger partial charge < -0.3 is 16.2 Å². The van der Waals surface area contributed by atoms with Crippen molar-refractivity contribution in [3.8, 4) is 0 Å². The van der Waals surface area contributed by atoms with Gasteiger partial charge in [0.1, 0.15) is 0 Å². The summed E-state index contributed by atoms with van der Waals surface area (Å²) < 4.78 is 25.9. The number of carbonyl (C=O) groups excluding carboxylic acids is 1. The van der Waals surface area contributed by atoms with Crippen molar-refractivity contribution in [3.63, 3.8) is 0 Å². The van der Waals surface area contributed by atoms with Gasteiger partial charge in [0, 0.05) is 12.5 Å². The highest BCUT2D eigenvalue weighted by Gasteiger charge is 2.16. The maximum atomic E-state index is 13.0. The van der Waals surface area contributed by atoms with E-state index in [-0.39, 0.29) is 12.1 Å². The summed E-state index contributed by atoms with van der Waals surface area (Å²) in [6.45, 7) is 0.303. The van der Waals surface area contributed by atoms with E-state index in [2.05, 4.69) is 5.32 Å². The second kappa shape index (κ2) is 6.06. The number of nitrogens with one attached hydrogen (secondary N) is 1. The zero-order valence-electron chi connectivity index (χ0n) is 9.37. The van der Waals surface area contributed by atoms with E-state index in [9.17, 15) is 18.4 Å². The lowest BCUT2D eigenvalue weighted by molar-refractivity contribution is -0.116. The van der Waals surface area contributed by atoms with E-state index in [0.717, 1.165) is 0 Å². The number of amides is 1. The Bertz CT molecular complexity index is 478. The molecule has 0 aliphatic rings. The molecule has 0 heterocycles. The minimum absolute atomic E-state index is 0.0779. The molecule has 0 atom stereocenters. The van der Waals surface area contributed by atoms with Gasteiger partial charge >= 0.3 is 5.97 Å². The summed E-state index contributed by atoms with van der Waals surface area (Å²) in [6.07, 6.45) is 0.493. The van der Waals surface area contributed by atoms with Crippen molar-refractivity contribution in [2.45, 2.75) is 12.8 Å². The van der Waals surface area contributed by atoms with Gasteiger partial charge in [-0.1, -0.05) is 0 Å². The van der Waals surface area contributed by atoms with Crippen molar-refractivity contribution in [2.24, 2.45) is 5.73 Å². The Morgan fingerprint density at radius 1 is 1.28 bits per heavy atom. The van der Waals surface area contributed by atoms with Crippen LogP contribution in [0.1, 0.15) is 23.2 Å². The fourth-order valence-electron chi connectivity index (χ4n) is 1.30. The number of benzene rings is 1. The molecule has 0 bridgehead atoms. The average Bonchev–Trinajstić information content (AvgIpc) is 2.30. The highest BCUT2D eigenvalue weighted by Crippen LogP contribution is 2.20. The molecule has 98 valence electrons. The number of carboxylic acids is 1. The lowest BCUT2D eigenvalue weighted by Gasteiger charge is -2.08. The zero-order valence-corrected chi connectivity index (χ0v) is 9.37. The van der Waals surface area contributed by atoms with Crippen molar-refractivity contribution >= 4 is 17.6 Å². The number of carbonyl (C=O) groups is 2. The van der Waals surface area contributed by atoms with E-state index < -0.39 is 29.1 Å². The third kappa shape index (κ3) is 3.49. The van der Waals surface area contributed by atoms with Crippen LogP contribution < -0.4 is 11.1 Å². The van der Waals surface area contributed by atoms with Crippen molar-refractivity contribution in [1.29, 1.82) is 0 Å². The fraction of sp³-hybridized carbons (Fsp3) is 0.273. The van der Waals surface area contributed by atoms with Crippen molar-refractivity contribution in [3.05, 3.63) is 29.3 Å². The third-order valence-electron chi connectivity index (χ3n) is 2.17. The molecule has 0 aliphatic heterocycles. The smallest absolute Gasteiger partial charge is 0.337 e. The fourth-order valence-corrected chi connectivity index (χ4v) is 1.30. The summed E-state index contributed by atoms with van der Waals surface area (Å²) in [6, 6.07) is 1.16. The molecule has 0 saturated heterocycles. The summed E-state index contributed by atoms with van der Waals surface area (Å²) in [4.78, 5) is 22.2. The highest BCUT2D eigenvalue weighted by atomic mass is 19.2. The van der Waals surface area contributed by atoms with Crippen LogP contribution in [0.5, 0.6) is 0 Å². The molecule has 0 aliphatic carbocycles. The van der Waals surface area contributed by atoms with Gasteiger partial charge in [0.2, 0.25) is 5.91 Å². The number of carboxylic acid groups (broad SMARTS) is 1. The molecule has 0 fully saturated rings. The Kier molecular flexibility index (Phi) is 4.73. The molecular weight excluding hydrogens is 246 g/mol. The van der Waals surface area contributed by atoms with Crippen LogP contribution in [0.3, 0.4) is 0 Å². The van der Waals surface area contributed by atoms with E-state index in [1.165, 1.54) is 0 Å². The van der Waals surface area contributed by atoms with E-state index in [0.29, 0.717) is 25.1 Å². The number of hydrogen-bond donors (Lipinski definition) is 3. The van der Waals surface area contributed by atoms with Gasteiger partial charge in [0.25, 0.3) is 0 Å². The summed E-state index contributed by atoms with van der Waals surface area (Å²) in [5, 5.41) is 11.0. The van der Waals surface area contributed by atoms with Gasteiger partial charge in [-0.15, -0.1) is 0 Å². The SMILES string of the molecule is NCCCC(=O)Nc1cc(F)c(F)cc1C(=O)O. The van der Waals surface area contributed by atoms with Gasteiger partial charge in [0.05, 0.1) is 11.3 Å². The molecule has 5 nitrogen and oxygen atoms in total. The largest absolute Gasteiger partial charge is 0.478 e. The van der Waals surface area contributed by atoms with E-state index in [1.54, 1.807) is 0 Å². The minimum Gasteiger partial charge on any atom is -0.478 e. The van der Waals surface area contributed by atoms with Gasteiger partial charge in [-0.05, 0) is 19.0 Å². The standard InChI is InChI=1S/C11H12F2N2O3/c12-7-4-6(11(17)18)9(5-8(7)13)15-10(16)2-1-3-14/h4-5H,1-3,14H2,(H,15,16)(H,17,18). The summed E-state index contributed by atoms with van der Waals surface area (Å²) in [5.74, 6) is -4.47. The first-order chi connectivity index (χ1) is 8.45. The molecule has 1 aromatic rings. The predicted octanol–water partition coefficient (Wildman–Crippen LogP) is 1.34. The Labute approximate surface area is 102 Å². The number of aromatic carboxylic acids is 1. The summed E-state index contributed by atoms with van der Waals surface area (Å²) in [7, 11) is 0. The van der Waals surface area contributed by atoms with Crippen LogP contribution in [0, 0.1) is 11.6 Å². The second-order valence-electron chi connectivity index (χ2n) is 3.56. The Morgan fingerprint density at radius 2 is 1.89 bits per heavy atom. The van der Waals surface area contributed by atoms with Crippen LogP contribution >= 0.6 is 0 Å². The molecule has 4 N–H and O–H groups in total. The molecule has 0 saturated carbocycles. The van der Waals surface area contributed by atoms with Gasteiger partial charge in [0.15, 0.2) is 11.6 Å². The molecule has 0 spiro atoms. The van der Waals surface area contributed by atoms with Crippen molar-refractivity contribution in [1.82, 2.24) is 0 Å². The summed E-state index contributed by atoms with van der Waals surface area (Å²) >= 11 is 0. The number of halogens is 2. The van der Waals surface area contributed by atoms with Gasteiger partial charge in [-0.25, -0.2) is 13.6 Å². The Morgan fingerprint density at radius 3 is 2.44 bits per heavy atom. The quantitative estimate of drug-likeness (QED) is 0.743. The molecular formula is C11H12F2N2O3. The van der Waals surface area contributed by atoms with Gasteiger partial charge in [-0.3, -0.25) is 4.79 Å². The first kappa shape index (κ1) is 14.0. The second-order valence-corrected chi connectivity index (χ2v) is 3.56. The highest BCUT2D eigenvalue weighted by molar-refractivity contribution is 6.00. The number of anilines is 1. The van der Waals surface area contributed by atoms with E-state index >= 15 is 0 Å². The van der Waals surface area contributed by atoms with Crippen LogP contribution in [0.15, 0.2) is 12.1 Å². The lowest BCUT2D eigenvalue weighted by atomic mass is 10.1. The molecule has 1 rings (SSSR count). The maximum Gasteiger partial charge on any atom is 0.337 e. The van der Waals surface area contributed by atoms with E-state index in [1.807, 2.05) is 0 Å². The maximum absolute atomic E-state index is 13.0. The zero-order chi connectivity index (χ0) is 13.7. The molecule has 1 amide bonds. The first-order valence-corrected chi connectivity index (χ1v) is 5.18. The van der Waals surface area contributed by atoms with Crippen LogP contribution in [-0.4, -0.2) is 23.5 Å². The van der Waals surface area contributed by atoms with Crippen LogP contribution in [0.25, 0.3) is 0 Å². The number of hydrogen-bond acceptors (Lipinski definition) is 3. The van der Waals surface area contributed by atoms with Crippen LogP contribution in [0.4, 0.5) is 14.5 Å². The van der Waals surface area contributed by atoms with Crippen LogP contribution in [-0.2, 0) is 4.79 Å². The third-order valence-corrected chi connectivity index (χ3v) is 2.17. The number of nitrogens with two attached hydrogens (primary N) is 1. The first-order valence-electron chi connectivity index (χ1n) is 5.18. The Hall–Kier alpha value is -2.02. The van der Waals surface area contributed by atoms with Crippen LogP contribution in [0.2, 0.25) is 0 Å². The summed E-state index contributed by atoms with van der Waals surface area (Å²) in [5.41, 5.74) is 4.43. The Balaban J connectivity index is 2.96. The average molecular weight is 258 g/mol. The molecule has 0 unspecified atom stereocenters. The molecule has 0 radical (unpaired) electrons. The minimum atomic E-state index is -1.46. The van der Waals surface area contributed by atoms with E-state index in [4.69, 9.17) is 10.8 Å². The monoisotopic (exact) mass is 258 g/mol. The molecule has 7 heteroatoms. The van der Waals surface area contributed by atoms with Crippen molar-refractivity contribution < 1.29 is 23.5 Å². The molecule has 1 aromatic carbocycles. The van der Waals surface area contributed by atoms with Gasteiger partial charge in [-0.2, -0.15) is 0 Å². The lowest BCUT2D eigenvalue weighted by Crippen LogP contribution is -2.16. The molecule has 18 heavy (non-hydrogen) atoms. The number of rotatable bonds is 5.